The SMILES string of the molecule is O=C1NC2(CCCCC2)C(=O)N1c1ccc(F)c(C(F)(F)F)c1. The van der Waals surface area contributed by atoms with Crippen LogP contribution < -0.4 is 10.2 Å². The molecule has 0 unspecified atom stereocenters. The number of rotatable bonds is 1. The summed E-state index contributed by atoms with van der Waals surface area (Å²) in [7, 11) is 0. The van der Waals surface area contributed by atoms with Crippen molar-refractivity contribution in [3.8, 4) is 0 Å². The van der Waals surface area contributed by atoms with Crippen molar-refractivity contribution in [2.45, 2.75) is 43.8 Å². The Bertz CT molecular complexity index is 666. The lowest BCUT2D eigenvalue weighted by atomic mass is 9.81. The summed E-state index contributed by atoms with van der Waals surface area (Å²) < 4.78 is 51.8. The molecule has 1 heterocycles. The van der Waals surface area contributed by atoms with E-state index >= 15 is 0 Å². The van der Waals surface area contributed by atoms with Crippen LogP contribution in [0.3, 0.4) is 0 Å². The van der Waals surface area contributed by atoms with E-state index < -0.39 is 35.0 Å². The number of halogens is 4. The van der Waals surface area contributed by atoms with Gasteiger partial charge in [0.15, 0.2) is 0 Å². The minimum Gasteiger partial charge on any atom is -0.323 e. The fourth-order valence-electron chi connectivity index (χ4n) is 3.22. The number of nitrogens with one attached hydrogen (secondary N) is 1. The Morgan fingerprint density at radius 3 is 2.35 bits per heavy atom. The van der Waals surface area contributed by atoms with Gasteiger partial charge in [0.1, 0.15) is 11.4 Å². The van der Waals surface area contributed by atoms with Gasteiger partial charge in [-0.3, -0.25) is 4.79 Å². The van der Waals surface area contributed by atoms with Crippen LogP contribution >= 0.6 is 0 Å². The number of benzene rings is 1. The van der Waals surface area contributed by atoms with Crippen molar-refractivity contribution in [3.63, 3.8) is 0 Å². The van der Waals surface area contributed by atoms with Crippen molar-refractivity contribution in [2.75, 3.05) is 4.90 Å². The predicted molar refractivity (Wildman–Crippen MR) is 73.2 cm³/mol. The molecule has 8 heteroatoms. The van der Waals surface area contributed by atoms with Gasteiger partial charge < -0.3 is 5.32 Å². The van der Waals surface area contributed by atoms with Gasteiger partial charge in [-0.1, -0.05) is 19.3 Å². The van der Waals surface area contributed by atoms with Crippen molar-refractivity contribution >= 4 is 17.6 Å². The van der Waals surface area contributed by atoms with E-state index in [4.69, 9.17) is 0 Å². The summed E-state index contributed by atoms with van der Waals surface area (Å²) in [5, 5.41) is 2.60. The average molecular weight is 330 g/mol. The van der Waals surface area contributed by atoms with Gasteiger partial charge in [-0.2, -0.15) is 13.2 Å². The first kappa shape index (κ1) is 15.8. The zero-order chi connectivity index (χ0) is 16.8. The van der Waals surface area contributed by atoms with Crippen LogP contribution in [-0.2, 0) is 11.0 Å². The largest absolute Gasteiger partial charge is 0.419 e. The highest BCUT2D eigenvalue weighted by molar-refractivity contribution is 6.23. The molecule has 0 bridgehead atoms. The Morgan fingerprint density at radius 2 is 1.74 bits per heavy atom. The molecule has 4 nitrogen and oxygen atoms in total. The van der Waals surface area contributed by atoms with Gasteiger partial charge >= 0.3 is 12.2 Å². The van der Waals surface area contributed by atoms with E-state index in [0.717, 1.165) is 25.3 Å². The molecule has 1 N–H and O–H groups in total. The average Bonchev–Trinajstić information content (AvgIpc) is 2.70. The molecule has 1 aliphatic heterocycles. The van der Waals surface area contributed by atoms with Crippen molar-refractivity contribution in [1.29, 1.82) is 0 Å². The van der Waals surface area contributed by atoms with Gasteiger partial charge in [-0.25, -0.2) is 14.1 Å². The number of imide groups is 1. The first-order valence-electron chi connectivity index (χ1n) is 7.28. The van der Waals surface area contributed by atoms with Crippen LogP contribution in [0.4, 0.5) is 28.0 Å². The van der Waals surface area contributed by atoms with E-state index in [9.17, 15) is 27.2 Å². The number of alkyl halides is 3. The first-order chi connectivity index (χ1) is 10.7. The van der Waals surface area contributed by atoms with Crippen LogP contribution in [0.1, 0.15) is 37.7 Å². The molecular weight excluding hydrogens is 316 g/mol. The number of hydrogen-bond acceptors (Lipinski definition) is 2. The predicted octanol–water partition coefficient (Wildman–Crippen LogP) is 3.60. The molecule has 2 aliphatic rings. The minimum absolute atomic E-state index is 0.274. The van der Waals surface area contributed by atoms with Crippen molar-refractivity contribution in [3.05, 3.63) is 29.6 Å². The fourth-order valence-corrected chi connectivity index (χ4v) is 3.22. The molecule has 0 radical (unpaired) electrons. The van der Waals surface area contributed by atoms with E-state index in [1.54, 1.807) is 0 Å². The summed E-state index contributed by atoms with van der Waals surface area (Å²) in [4.78, 5) is 25.4. The lowest BCUT2D eigenvalue weighted by Gasteiger charge is -2.30. The third kappa shape index (κ3) is 2.55. The normalized spacial score (nSPS) is 21.0. The molecule has 124 valence electrons. The highest BCUT2D eigenvalue weighted by atomic mass is 19.4. The van der Waals surface area contributed by atoms with E-state index in [1.807, 2.05) is 0 Å². The second kappa shape index (κ2) is 5.21. The molecular formula is C15H14F4N2O2. The van der Waals surface area contributed by atoms with Crippen LogP contribution in [-0.4, -0.2) is 17.5 Å². The van der Waals surface area contributed by atoms with Crippen LogP contribution in [0.15, 0.2) is 18.2 Å². The zero-order valence-electron chi connectivity index (χ0n) is 12.0. The molecule has 1 aromatic rings. The molecule has 3 amide bonds. The van der Waals surface area contributed by atoms with Crippen LogP contribution in [0.25, 0.3) is 0 Å². The number of anilines is 1. The van der Waals surface area contributed by atoms with Gasteiger partial charge in [0.05, 0.1) is 11.3 Å². The van der Waals surface area contributed by atoms with Crippen molar-refractivity contribution < 1.29 is 27.2 Å². The van der Waals surface area contributed by atoms with E-state index in [1.165, 1.54) is 0 Å². The maximum absolute atomic E-state index is 13.4. The number of urea groups is 1. The Kier molecular flexibility index (Phi) is 3.57. The van der Waals surface area contributed by atoms with Gasteiger partial charge in [0.2, 0.25) is 0 Å². The summed E-state index contributed by atoms with van der Waals surface area (Å²) in [6.45, 7) is 0. The van der Waals surface area contributed by atoms with E-state index in [2.05, 4.69) is 5.32 Å². The van der Waals surface area contributed by atoms with Crippen LogP contribution in [0.5, 0.6) is 0 Å². The first-order valence-corrected chi connectivity index (χ1v) is 7.28. The third-order valence-electron chi connectivity index (χ3n) is 4.38. The number of carbonyl (C=O) groups excluding carboxylic acids is 2. The summed E-state index contributed by atoms with van der Waals surface area (Å²) in [5.74, 6) is -2.01. The zero-order valence-corrected chi connectivity index (χ0v) is 12.0. The maximum Gasteiger partial charge on any atom is 0.419 e. The van der Waals surface area contributed by atoms with Gasteiger partial charge in [0, 0.05) is 0 Å². The lowest BCUT2D eigenvalue weighted by molar-refractivity contribution is -0.140. The van der Waals surface area contributed by atoms with E-state index in [-0.39, 0.29) is 5.69 Å². The molecule has 1 aliphatic carbocycles. The molecule has 23 heavy (non-hydrogen) atoms. The monoisotopic (exact) mass is 330 g/mol. The summed E-state index contributed by atoms with van der Waals surface area (Å²) in [6, 6.07) is 1.35. The Morgan fingerprint density at radius 1 is 1.09 bits per heavy atom. The Labute approximate surface area is 129 Å². The molecule has 1 saturated heterocycles. The molecule has 0 atom stereocenters. The summed E-state index contributed by atoms with van der Waals surface area (Å²) in [5.41, 5.74) is -2.81. The fraction of sp³-hybridized carbons (Fsp3) is 0.467. The summed E-state index contributed by atoms with van der Waals surface area (Å²) in [6.07, 6.45) is -1.52. The van der Waals surface area contributed by atoms with Gasteiger partial charge in [-0.15, -0.1) is 0 Å². The molecule has 1 spiro atoms. The molecule has 1 aromatic carbocycles. The smallest absolute Gasteiger partial charge is 0.323 e. The Balaban J connectivity index is 1.99. The summed E-state index contributed by atoms with van der Waals surface area (Å²) >= 11 is 0. The maximum atomic E-state index is 13.4. The van der Waals surface area contributed by atoms with Crippen LogP contribution in [0, 0.1) is 5.82 Å². The van der Waals surface area contributed by atoms with Crippen molar-refractivity contribution in [1.82, 2.24) is 5.32 Å². The number of hydrogen-bond donors (Lipinski definition) is 1. The molecule has 0 aromatic heterocycles. The lowest BCUT2D eigenvalue weighted by Crippen LogP contribution is -2.48. The molecule has 2 fully saturated rings. The Hall–Kier alpha value is -2.12. The van der Waals surface area contributed by atoms with Crippen molar-refractivity contribution in [2.24, 2.45) is 0 Å². The highest BCUT2D eigenvalue weighted by Gasteiger charge is 2.52. The quantitative estimate of drug-likeness (QED) is 0.632. The number of nitrogens with zero attached hydrogens (tertiary/aromatic N) is 1. The second-order valence-corrected chi connectivity index (χ2v) is 5.88. The van der Waals surface area contributed by atoms with Gasteiger partial charge in [0.25, 0.3) is 5.91 Å². The van der Waals surface area contributed by atoms with E-state index in [0.29, 0.717) is 29.9 Å². The van der Waals surface area contributed by atoms with Crippen LogP contribution in [0.2, 0.25) is 0 Å². The topological polar surface area (TPSA) is 49.4 Å². The number of carbonyl (C=O) groups is 2. The molecule has 3 rings (SSSR count). The highest BCUT2D eigenvalue weighted by Crippen LogP contribution is 2.38. The third-order valence-corrected chi connectivity index (χ3v) is 4.38. The number of amides is 3. The second-order valence-electron chi connectivity index (χ2n) is 5.88. The molecule has 1 saturated carbocycles. The van der Waals surface area contributed by atoms with Gasteiger partial charge in [-0.05, 0) is 31.0 Å². The minimum atomic E-state index is -4.90. The standard InChI is InChI=1S/C15H14F4N2O2/c16-11-5-4-9(8-10(11)15(17,18)19)21-12(22)14(20-13(21)23)6-2-1-3-7-14/h4-5,8H,1-3,6-7H2,(H,20,23).